The summed E-state index contributed by atoms with van der Waals surface area (Å²) in [5.41, 5.74) is 2.90. The number of anilines is 1. The van der Waals surface area contributed by atoms with Gasteiger partial charge in [-0.3, -0.25) is 9.89 Å². The van der Waals surface area contributed by atoms with Crippen LogP contribution in [-0.2, 0) is 11.2 Å². The van der Waals surface area contributed by atoms with Gasteiger partial charge in [-0.1, -0.05) is 0 Å². The summed E-state index contributed by atoms with van der Waals surface area (Å²) in [4.78, 5) is 16.4. The van der Waals surface area contributed by atoms with Gasteiger partial charge in [0.1, 0.15) is 0 Å². The zero-order valence-corrected chi connectivity index (χ0v) is 13.4. The van der Waals surface area contributed by atoms with E-state index in [0.717, 1.165) is 17.1 Å². The van der Waals surface area contributed by atoms with E-state index in [4.69, 9.17) is 0 Å². The molecule has 7 nitrogen and oxygen atoms in total. The van der Waals surface area contributed by atoms with Crippen LogP contribution in [0.25, 0.3) is 5.82 Å². The number of aromatic nitrogens is 5. The molecular formula is C17H18N6O. The molecule has 0 spiro atoms. The Bertz CT molecular complexity index is 877. The van der Waals surface area contributed by atoms with E-state index in [2.05, 4.69) is 25.6 Å². The maximum atomic E-state index is 12.1. The molecule has 0 atom stereocenters. The topological polar surface area (TPSA) is 88.5 Å². The van der Waals surface area contributed by atoms with Gasteiger partial charge in [-0.25, -0.2) is 9.67 Å². The highest BCUT2D eigenvalue weighted by Gasteiger charge is 2.25. The van der Waals surface area contributed by atoms with Crippen molar-refractivity contribution < 1.29 is 4.79 Å². The van der Waals surface area contributed by atoms with E-state index in [1.54, 1.807) is 10.9 Å². The first-order chi connectivity index (χ1) is 11.7. The zero-order chi connectivity index (χ0) is 16.5. The van der Waals surface area contributed by atoms with Gasteiger partial charge in [-0.2, -0.15) is 10.2 Å². The molecule has 3 heterocycles. The van der Waals surface area contributed by atoms with Crippen molar-refractivity contribution in [3.05, 3.63) is 53.6 Å². The second-order valence-corrected chi connectivity index (χ2v) is 6.15. The molecule has 4 rings (SSSR count). The lowest BCUT2D eigenvalue weighted by Crippen LogP contribution is -2.15. The third kappa shape index (κ3) is 3.19. The number of pyridine rings is 1. The van der Waals surface area contributed by atoms with Crippen LogP contribution >= 0.6 is 0 Å². The third-order valence-corrected chi connectivity index (χ3v) is 4.00. The second-order valence-electron chi connectivity index (χ2n) is 6.15. The Hall–Kier alpha value is -2.96. The minimum absolute atomic E-state index is 0.133. The van der Waals surface area contributed by atoms with Crippen LogP contribution in [-0.4, -0.2) is 30.9 Å². The molecule has 122 valence electrons. The quantitative estimate of drug-likeness (QED) is 0.755. The van der Waals surface area contributed by atoms with Crippen molar-refractivity contribution in [1.29, 1.82) is 0 Å². The van der Waals surface area contributed by atoms with E-state index in [1.165, 1.54) is 12.8 Å². The first kappa shape index (κ1) is 14.6. The Morgan fingerprint density at radius 1 is 1.38 bits per heavy atom. The number of amides is 1. The maximum Gasteiger partial charge on any atom is 0.231 e. The van der Waals surface area contributed by atoms with Gasteiger partial charge in [0, 0.05) is 30.1 Å². The first-order valence-corrected chi connectivity index (χ1v) is 8.00. The highest BCUT2D eigenvalue weighted by atomic mass is 16.1. The predicted octanol–water partition coefficient (Wildman–Crippen LogP) is 2.36. The first-order valence-electron chi connectivity index (χ1n) is 8.00. The molecule has 24 heavy (non-hydrogen) atoms. The number of nitrogens with one attached hydrogen (secondary N) is 2. The molecule has 0 bridgehead atoms. The van der Waals surface area contributed by atoms with Gasteiger partial charge in [-0.15, -0.1) is 0 Å². The van der Waals surface area contributed by atoms with Gasteiger partial charge in [0.2, 0.25) is 5.91 Å². The third-order valence-electron chi connectivity index (χ3n) is 4.00. The van der Waals surface area contributed by atoms with Crippen LogP contribution in [0.15, 0.2) is 36.7 Å². The van der Waals surface area contributed by atoms with E-state index < -0.39 is 0 Å². The number of hydrogen-bond acceptors (Lipinski definition) is 4. The normalized spacial score (nSPS) is 13.9. The van der Waals surface area contributed by atoms with E-state index in [0.29, 0.717) is 17.4 Å². The summed E-state index contributed by atoms with van der Waals surface area (Å²) in [5, 5.41) is 14.3. The molecule has 1 amide bonds. The summed E-state index contributed by atoms with van der Waals surface area (Å²) in [5.74, 6) is 1.76. The number of nitrogens with zero attached hydrogens (tertiary/aromatic N) is 4. The molecular weight excluding hydrogens is 304 g/mol. The van der Waals surface area contributed by atoms with Gasteiger partial charge in [0.05, 0.1) is 12.1 Å². The molecule has 1 fully saturated rings. The number of H-pyrrole nitrogens is 1. The summed E-state index contributed by atoms with van der Waals surface area (Å²) in [6, 6.07) is 7.61. The Balaban J connectivity index is 1.40. The van der Waals surface area contributed by atoms with Crippen LogP contribution in [0.1, 0.15) is 35.7 Å². The molecule has 3 aromatic rings. The van der Waals surface area contributed by atoms with Gasteiger partial charge in [0.15, 0.2) is 11.6 Å². The van der Waals surface area contributed by atoms with E-state index in [1.807, 2.05) is 37.4 Å². The van der Waals surface area contributed by atoms with Crippen molar-refractivity contribution in [3.63, 3.8) is 0 Å². The monoisotopic (exact) mass is 322 g/mol. The molecule has 1 aliphatic rings. The number of rotatable bonds is 5. The second kappa shape index (κ2) is 5.92. The Morgan fingerprint density at radius 3 is 3.04 bits per heavy atom. The Morgan fingerprint density at radius 2 is 2.25 bits per heavy atom. The van der Waals surface area contributed by atoms with Crippen molar-refractivity contribution in [1.82, 2.24) is 25.0 Å². The lowest BCUT2D eigenvalue weighted by molar-refractivity contribution is -0.115. The Labute approximate surface area is 139 Å². The number of aryl methyl sites for hydroxylation is 1. The summed E-state index contributed by atoms with van der Waals surface area (Å²) in [6.45, 7) is 2.00. The maximum absolute atomic E-state index is 12.1. The number of carbonyl (C=O) groups is 1. The van der Waals surface area contributed by atoms with Crippen LogP contribution in [0, 0.1) is 6.92 Å². The number of carbonyl (C=O) groups excluding carboxylic acids is 1. The molecule has 0 unspecified atom stereocenters. The van der Waals surface area contributed by atoms with Crippen LogP contribution in [0.4, 0.5) is 5.82 Å². The summed E-state index contributed by atoms with van der Waals surface area (Å²) in [7, 11) is 0. The zero-order valence-electron chi connectivity index (χ0n) is 13.4. The highest BCUT2D eigenvalue weighted by molar-refractivity contribution is 5.91. The molecule has 1 aliphatic carbocycles. The fourth-order valence-electron chi connectivity index (χ4n) is 2.58. The average molecular weight is 322 g/mol. The van der Waals surface area contributed by atoms with Gasteiger partial charge < -0.3 is 5.32 Å². The van der Waals surface area contributed by atoms with Crippen LogP contribution < -0.4 is 5.32 Å². The van der Waals surface area contributed by atoms with E-state index in [9.17, 15) is 4.79 Å². The van der Waals surface area contributed by atoms with Crippen LogP contribution in [0.3, 0.4) is 0 Å². The smallest absolute Gasteiger partial charge is 0.231 e. The molecule has 0 radical (unpaired) electrons. The van der Waals surface area contributed by atoms with Gasteiger partial charge in [0.25, 0.3) is 0 Å². The lowest BCUT2D eigenvalue weighted by atomic mass is 10.3. The molecule has 7 heteroatoms. The van der Waals surface area contributed by atoms with Crippen LogP contribution in [0.5, 0.6) is 0 Å². The standard InChI is InChI=1S/C17H18N6O/c1-11-4-6-18-16(8-11)23-7-5-13(22-23)9-17(24)19-15-10-14(20-21-15)12-2-3-12/h4-8,10,12H,2-3,9H2,1H3,(H2,19,20,21,24). The summed E-state index contributed by atoms with van der Waals surface area (Å²) < 4.78 is 1.68. The van der Waals surface area contributed by atoms with Gasteiger partial charge >= 0.3 is 0 Å². The van der Waals surface area contributed by atoms with Crippen molar-refractivity contribution in [3.8, 4) is 5.82 Å². The predicted molar refractivity (Wildman–Crippen MR) is 89.0 cm³/mol. The van der Waals surface area contributed by atoms with E-state index in [-0.39, 0.29) is 12.3 Å². The van der Waals surface area contributed by atoms with Crippen molar-refractivity contribution in [2.24, 2.45) is 0 Å². The molecule has 1 saturated carbocycles. The molecule has 2 N–H and O–H groups in total. The minimum atomic E-state index is -0.133. The number of aromatic amines is 1. The Kier molecular flexibility index (Phi) is 3.60. The fraction of sp³-hybridized carbons (Fsp3) is 0.294. The molecule has 0 aromatic carbocycles. The molecule has 0 aliphatic heterocycles. The lowest BCUT2D eigenvalue weighted by Gasteiger charge is -2.01. The molecule has 0 saturated heterocycles. The van der Waals surface area contributed by atoms with Gasteiger partial charge in [-0.05, 0) is 43.5 Å². The van der Waals surface area contributed by atoms with E-state index >= 15 is 0 Å². The summed E-state index contributed by atoms with van der Waals surface area (Å²) >= 11 is 0. The highest BCUT2D eigenvalue weighted by Crippen LogP contribution is 2.39. The van der Waals surface area contributed by atoms with Crippen molar-refractivity contribution in [2.45, 2.75) is 32.1 Å². The fourth-order valence-corrected chi connectivity index (χ4v) is 2.58. The van der Waals surface area contributed by atoms with Crippen molar-refractivity contribution in [2.75, 3.05) is 5.32 Å². The molecule has 3 aromatic heterocycles. The van der Waals surface area contributed by atoms with Crippen LogP contribution in [0.2, 0.25) is 0 Å². The average Bonchev–Trinajstić information content (AvgIpc) is 3.13. The largest absolute Gasteiger partial charge is 0.309 e. The minimum Gasteiger partial charge on any atom is -0.309 e. The number of hydrogen-bond donors (Lipinski definition) is 2. The van der Waals surface area contributed by atoms with Crippen molar-refractivity contribution >= 4 is 11.7 Å². The summed E-state index contributed by atoms with van der Waals surface area (Å²) in [6.07, 6.45) is 6.14. The SMILES string of the molecule is Cc1ccnc(-n2ccc(CC(=O)Nc3cc(C4CC4)[nH]n3)n2)c1.